The highest BCUT2D eigenvalue weighted by Gasteiger charge is 2.48. The molecule has 0 aromatic rings. The van der Waals surface area contributed by atoms with Gasteiger partial charge in [0.05, 0.1) is 17.7 Å². The first-order valence-electron chi connectivity index (χ1n) is 4.31. The first-order chi connectivity index (χ1) is 6.30. The SMILES string of the molecule is CON=C1CN(C=O)CC12CNC2. The molecule has 2 rings (SSSR count). The van der Waals surface area contributed by atoms with Crippen LogP contribution in [0.2, 0.25) is 0 Å². The molecule has 5 nitrogen and oxygen atoms in total. The second-order valence-corrected chi connectivity index (χ2v) is 3.61. The number of oxime groups is 1. The van der Waals surface area contributed by atoms with Crippen LogP contribution in [0.1, 0.15) is 0 Å². The van der Waals surface area contributed by atoms with E-state index in [9.17, 15) is 4.79 Å². The summed E-state index contributed by atoms with van der Waals surface area (Å²) in [5.41, 5.74) is 1.05. The lowest BCUT2D eigenvalue weighted by molar-refractivity contribution is -0.117. The van der Waals surface area contributed by atoms with Crippen molar-refractivity contribution in [3.05, 3.63) is 0 Å². The number of nitrogens with zero attached hydrogens (tertiary/aromatic N) is 2. The molecule has 2 aliphatic rings. The number of hydrogen-bond donors (Lipinski definition) is 1. The minimum atomic E-state index is 0.0664. The second-order valence-electron chi connectivity index (χ2n) is 3.61. The van der Waals surface area contributed by atoms with Crippen LogP contribution in [0.15, 0.2) is 5.16 Å². The summed E-state index contributed by atoms with van der Waals surface area (Å²) in [6.45, 7) is 3.18. The zero-order valence-electron chi connectivity index (χ0n) is 7.62. The average Bonchev–Trinajstić information content (AvgIpc) is 2.44. The Hall–Kier alpha value is -1.10. The predicted molar refractivity (Wildman–Crippen MR) is 47.4 cm³/mol. The van der Waals surface area contributed by atoms with Gasteiger partial charge in [-0.25, -0.2) is 0 Å². The van der Waals surface area contributed by atoms with Gasteiger partial charge >= 0.3 is 0 Å². The number of nitrogens with one attached hydrogen (secondary N) is 1. The van der Waals surface area contributed by atoms with Crippen molar-refractivity contribution in [1.82, 2.24) is 10.2 Å². The highest BCUT2D eigenvalue weighted by atomic mass is 16.6. The summed E-state index contributed by atoms with van der Waals surface area (Å²) in [4.78, 5) is 17.1. The molecule has 72 valence electrons. The molecule has 0 radical (unpaired) electrons. The molecule has 2 saturated heterocycles. The Morgan fingerprint density at radius 3 is 2.92 bits per heavy atom. The average molecular weight is 183 g/mol. The van der Waals surface area contributed by atoms with Crippen molar-refractivity contribution >= 4 is 12.1 Å². The van der Waals surface area contributed by atoms with Crippen LogP contribution in [0.25, 0.3) is 0 Å². The van der Waals surface area contributed by atoms with E-state index in [-0.39, 0.29) is 5.41 Å². The van der Waals surface area contributed by atoms with Gasteiger partial charge in [-0.1, -0.05) is 5.16 Å². The standard InChI is InChI=1S/C8H13N3O2/c1-13-10-7-2-11(6-12)5-8(7)3-9-4-8/h6,9H,2-5H2,1H3. The zero-order valence-corrected chi connectivity index (χ0v) is 7.62. The molecule has 0 atom stereocenters. The molecular formula is C8H13N3O2. The lowest BCUT2D eigenvalue weighted by Crippen LogP contribution is -2.58. The van der Waals surface area contributed by atoms with Crippen LogP contribution in [0.3, 0.4) is 0 Å². The summed E-state index contributed by atoms with van der Waals surface area (Å²) in [6, 6.07) is 0. The fourth-order valence-electron chi connectivity index (χ4n) is 1.95. The Morgan fingerprint density at radius 1 is 1.69 bits per heavy atom. The third-order valence-electron chi connectivity index (χ3n) is 2.75. The van der Waals surface area contributed by atoms with Crippen molar-refractivity contribution in [2.45, 2.75) is 0 Å². The summed E-state index contributed by atoms with van der Waals surface area (Å²) < 4.78 is 0. The third-order valence-corrected chi connectivity index (χ3v) is 2.75. The molecule has 1 amide bonds. The van der Waals surface area contributed by atoms with Crippen LogP contribution < -0.4 is 5.32 Å². The van der Waals surface area contributed by atoms with E-state index in [4.69, 9.17) is 4.84 Å². The van der Waals surface area contributed by atoms with Crippen LogP contribution in [0.5, 0.6) is 0 Å². The number of likely N-dealkylation sites (tertiary alicyclic amines) is 1. The maximum Gasteiger partial charge on any atom is 0.210 e. The predicted octanol–water partition coefficient (Wildman–Crippen LogP) is -0.950. The van der Waals surface area contributed by atoms with E-state index in [1.807, 2.05) is 0 Å². The van der Waals surface area contributed by atoms with Crippen molar-refractivity contribution in [2.75, 3.05) is 33.3 Å². The number of hydrogen-bond acceptors (Lipinski definition) is 4. The highest BCUT2D eigenvalue weighted by Crippen LogP contribution is 2.31. The molecule has 0 aromatic carbocycles. The molecule has 0 saturated carbocycles. The van der Waals surface area contributed by atoms with Gasteiger partial charge in [-0.2, -0.15) is 0 Å². The van der Waals surface area contributed by atoms with Crippen molar-refractivity contribution in [2.24, 2.45) is 10.6 Å². The number of carbonyl (C=O) groups excluding carboxylic acids is 1. The lowest BCUT2D eigenvalue weighted by atomic mass is 9.79. The van der Waals surface area contributed by atoms with Gasteiger partial charge in [-0.15, -0.1) is 0 Å². The van der Waals surface area contributed by atoms with Gasteiger partial charge in [0.1, 0.15) is 7.11 Å². The number of carbonyl (C=O) groups is 1. The molecule has 2 aliphatic heterocycles. The maximum atomic E-state index is 10.6. The third kappa shape index (κ3) is 1.19. The summed E-state index contributed by atoms with van der Waals surface area (Å²) in [7, 11) is 1.54. The molecule has 13 heavy (non-hydrogen) atoms. The van der Waals surface area contributed by atoms with Crippen LogP contribution in [0, 0.1) is 5.41 Å². The minimum Gasteiger partial charge on any atom is -0.399 e. The van der Waals surface area contributed by atoms with Gasteiger partial charge in [0.25, 0.3) is 0 Å². The Bertz CT molecular complexity index is 248. The summed E-state index contributed by atoms with van der Waals surface area (Å²) in [5, 5.41) is 7.17. The minimum absolute atomic E-state index is 0.0664. The molecule has 0 bridgehead atoms. The van der Waals surface area contributed by atoms with E-state index in [1.165, 1.54) is 7.11 Å². The molecule has 0 aliphatic carbocycles. The van der Waals surface area contributed by atoms with E-state index < -0.39 is 0 Å². The van der Waals surface area contributed by atoms with E-state index >= 15 is 0 Å². The normalized spacial score (nSPS) is 27.8. The smallest absolute Gasteiger partial charge is 0.210 e. The maximum absolute atomic E-state index is 10.6. The fourth-order valence-corrected chi connectivity index (χ4v) is 1.95. The van der Waals surface area contributed by atoms with Gasteiger partial charge in [-0.05, 0) is 0 Å². The van der Waals surface area contributed by atoms with E-state index in [1.54, 1.807) is 4.90 Å². The van der Waals surface area contributed by atoms with Gasteiger partial charge in [-0.3, -0.25) is 4.79 Å². The van der Waals surface area contributed by atoms with Crippen LogP contribution >= 0.6 is 0 Å². The summed E-state index contributed by atoms with van der Waals surface area (Å²) in [5.74, 6) is 0. The van der Waals surface area contributed by atoms with Crippen molar-refractivity contribution in [3.8, 4) is 0 Å². The highest BCUT2D eigenvalue weighted by molar-refractivity contribution is 5.96. The van der Waals surface area contributed by atoms with Crippen molar-refractivity contribution in [3.63, 3.8) is 0 Å². The Morgan fingerprint density at radius 2 is 2.46 bits per heavy atom. The second kappa shape index (κ2) is 2.99. The quantitative estimate of drug-likeness (QED) is 0.443. The van der Waals surface area contributed by atoms with Crippen molar-refractivity contribution < 1.29 is 9.63 Å². The van der Waals surface area contributed by atoms with Gasteiger partial charge in [0.15, 0.2) is 0 Å². The fraction of sp³-hybridized carbons (Fsp3) is 0.750. The molecule has 1 spiro atoms. The van der Waals surface area contributed by atoms with Crippen LogP contribution in [0.4, 0.5) is 0 Å². The summed E-state index contributed by atoms with van der Waals surface area (Å²) in [6.07, 6.45) is 0.873. The van der Waals surface area contributed by atoms with Gasteiger partial charge in [0, 0.05) is 19.6 Å². The first-order valence-corrected chi connectivity index (χ1v) is 4.31. The Kier molecular flexibility index (Phi) is 1.95. The molecule has 0 aromatic heterocycles. The van der Waals surface area contributed by atoms with Crippen LogP contribution in [-0.4, -0.2) is 50.3 Å². The Balaban J connectivity index is 2.16. The Labute approximate surface area is 76.7 Å². The zero-order chi connectivity index (χ0) is 9.31. The van der Waals surface area contributed by atoms with Crippen molar-refractivity contribution in [1.29, 1.82) is 0 Å². The molecule has 0 unspecified atom stereocenters. The van der Waals surface area contributed by atoms with Gasteiger partial charge < -0.3 is 15.1 Å². The molecule has 2 heterocycles. The van der Waals surface area contributed by atoms with E-state index in [2.05, 4.69) is 10.5 Å². The molecule has 2 fully saturated rings. The van der Waals surface area contributed by atoms with Gasteiger partial charge in [0.2, 0.25) is 6.41 Å². The number of amides is 1. The number of rotatable bonds is 2. The van der Waals surface area contributed by atoms with Crippen LogP contribution in [-0.2, 0) is 9.63 Å². The summed E-state index contributed by atoms with van der Waals surface area (Å²) >= 11 is 0. The lowest BCUT2D eigenvalue weighted by Gasteiger charge is -2.38. The largest absolute Gasteiger partial charge is 0.399 e. The first kappa shape index (κ1) is 8.50. The molecule has 1 N–H and O–H groups in total. The topological polar surface area (TPSA) is 53.9 Å². The van der Waals surface area contributed by atoms with E-state index in [0.29, 0.717) is 6.54 Å². The van der Waals surface area contributed by atoms with E-state index in [0.717, 1.165) is 31.8 Å². The molecule has 5 heteroatoms. The monoisotopic (exact) mass is 183 g/mol. The molecular weight excluding hydrogens is 170 g/mol.